The highest BCUT2D eigenvalue weighted by Gasteiger charge is 2.51. The third-order valence-corrected chi connectivity index (χ3v) is 11.2. The number of hydrogen-bond donors (Lipinski definition) is 0. The fourth-order valence-electron chi connectivity index (χ4n) is 8.81. The lowest BCUT2D eigenvalue weighted by Crippen LogP contribution is -2.25. The molecule has 1 spiro atoms. The number of pyridine rings is 1. The van der Waals surface area contributed by atoms with E-state index >= 15 is 0 Å². The van der Waals surface area contributed by atoms with Crippen LogP contribution in [0.15, 0.2) is 194 Å². The van der Waals surface area contributed by atoms with E-state index in [0.717, 1.165) is 39.1 Å². The van der Waals surface area contributed by atoms with E-state index in [1.54, 1.807) is 0 Å². The molecule has 0 fully saturated rings. The molecule has 0 bridgehead atoms. The van der Waals surface area contributed by atoms with Gasteiger partial charge < -0.3 is 0 Å². The maximum atomic E-state index is 5.12. The molecule has 0 aliphatic heterocycles. The molecule has 7 aromatic carbocycles. The van der Waals surface area contributed by atoms with Crippen LogP contribution >= 0.6 is 0 Å². The van der Waals surface area contributed by atoms with E-state index in [4.69, 9.17) is 15.0 Å². The number of benzene rings is 7. The van der Waals surface area contributed by atoms with Gasteiger partial charge in [-0.3, -0.25) is 4.98 Å². The second-order valence-corrected chi connectivity index (χ2v) is 14.2. The monoisotopic (exact) mass is 700 g/mol. The first-order chi connectivity index (χ1) is 27.3. The summed E-state index contributed by atoms with van der Waals surface area (Å²) in [5.41, 5.74) is 17.0. The van der Waals surface area contributed by atoms with Gasteiger partial charge in [-0.2, -0.15) is 0 Å². The van der Waals surface area contributed by atoms with Crippen LogP contribution in [-0.4, -0.2) is 19.9 Å². The summed E-state index contributed by atoms with van der Waals surface area (Å²) in [5.74, 6) is 1.87. The van der Waals surface area contributed by atoms with E-state index in [1.165, 1.54) is 44.5 Å². The van der Waals surface area contributed by atoms with E-state index in [0.29, 0.717) is 17.5 Å². The number of aromatic nitrogens is 4. The van der Waals surface area contributed by atoms with Crippen LogP contribution in [0.1, 0.15) is 22.3 Å². The quantitative estimate of drug-likeness (QED) is 0.179. The average molecular weight is 701 g/mol. The minimum atomic E-state index is -0.399. The van der Waals surface area contributed by atoms with Crippen LogP contribution in [0.2, 0.25) is 0 Å². The molecule has 2 aliphatic carbocycles. The van der Waals surface area contributed by atoms with E-state index in [9.17, 15) is 0 Å². The molecule has 256 valence electrons. The van der Waals surface area contributed by atoms with Crippen molar-refractivity contribution < 1.29 is 0 Å². The van der Waals surface area contributed by atoms with Gasteiger partial charge in [0.05, 0.1) is 11.1 Å². The molecule has 9 aromatic rings. The Morgan fingerprint density at radius 2 is 0.745 bits per heavy atom. The highest BCUT2D eigenvalue weighted by atomic mass is 15.0. The largest absolute Gasteiger partial charge is 0.256 e. The summed E-state index contributed by atoms with van der Waals surface area (Å²) in [6.45, 7) is 0. The minimum Gasteiger partial charge on any atom is -0.256 e. The first kappa shape index (κ1) is 31.2. The predicted molar refractivity (Wildman–Crippen MR) is 221 cm³/mol. The molecule has 4 nitrogen and oxygen atoms in total. The van der Waals surface area contributed by atoms with E-state index in [-0.39, 0.29) is 0 Å². The highest BCUT2D eigenvalue weighted by Crippen LogP contribution is 2.63. The molecule has 4 heteroatoms. The Balaban J connectivity index is 1.06. The van der Waals surface area contributed by atoms with Gasteiger partial charge >= 0.3 is 0 Å². The minimum absolute atomic E-state index is 0.399. The molecule has 11 rings (SSSR count). The normalized spacial score (nSPS) is 12.9. The molecule has 2 heterocycles. The summed E-state index contributed by atoms with van der Waals surface area (Å²) in [6, 6.07) is 66.7. The number of fused-ring (bicyclic) bond motifs is 10. The zero-order valence-electron chi connectivity index (χ0n) is 29.8. The molecule has 0 atom stereocenters. The van der Waals surface area contributed by atoms with Crippen LogP contribution in [0.5, 0.6) is 0 Å². The molecule has 0 amide bonds. The standard InChI is InChI=1S/C51H32N4/c1-2-14-33(15-3-1)48-53-49(55-50(54-48)38-19-13-17-36(31-38)47-26-10-11-29-52-47)37-18-12-16-34(30-37)35-27-28-42-41-22-6-9-25-45(41)51(46(42)32-35)43-23-7-4-20-39(43)40-21-5-8-24-44(40)51/h1-32H. The second kappa shape index (κ2) is 12.4. The average Bonchev–Trinajstić information content (AvgIpc) is 3.74. The van der Waals surface area contributed by atoms with Crippen LogP contribution in [0.4, 0.5) is 0 Å². The van der Waals surface area contributed by atoms with Crippen molar-refractivity contribution >= 4 is 0 Å². The van der Waals surface area contributed by atoms with E-state index < -0.39 is 5.41 Å². The first-order valence-electron chi connectivity index (χ1n) is 18.6. The lowest BCUT2D eigenvalue weighted by atomic mass is 9.70. The lowest BCUT2D eigenvalue weighted by Gasteiger charge is -2.30. The molecule has 0 unspecified atom stereocenters. The van der Waals surface area contributed by atoms with Gasteiger partial charge in [-0.25, -0.2) is 15.0 Å². The Hall–Kier alpha value is -7.30. The third kappa shape index (κ3) is 4.85. The van der Waals surface area contributed by atoms with Gasteiger partial charge in [-0.05, 0) is 86.0 Å². The Labute approximate surface area is 319 Å². The molecule has 2 aromatic heterocycles. The highest BCUT2D eigenvalue weighted by molar-refractivity contribution is 5.96. The van der Waals surface area contributed by atoms with Crippen LogP contribution in [-0.2, 0) is 5.41 Å². The summed E-state index contributed by atoms with van der Waals surface area (Å²) in [6.07, 6.45) is 1.81. The molecule has 55 heavy (non-hydrogen) atoms. The van der Waals surface area contributed by atoms with Gasteiger partial charge in [-0.1, -0.05) is 158 Å². The number of rotatable bonds is 5. The third-order valence-electron chi connectivity index (χ3n) is 11.2. The number of hydrogen-bond acceptors (Lipinski definition) is 4. The Bertz CT molecular complexity index is 2870. The molecule has 0 N–H and O–H groups in total. The number of nitrogens with zero attached hydrogens (tertiary/aromatic N) is 4. The van der Waals surface area contributed by atoms with E-state index in [1.807, 2.05) is 60.8 Å². The molecule has 0 saturated carbocycles. The van der Waals surface area contributed by atoms with Crippen molar-refractivity contribution in [1.82, 2.24) is 19.9 Å². The van der Waals surface area contributed by atoms with Crippen LogP contribution in [0, 0.1) is 0 Å². The maximum absolute atomic E-state index is 5.12. The molecule has 0 saturated heterocycles. The Morgan fingerprint density at radius 3 is 1.35 bits per heavy atom. The summed E-state index contributed by atoms with van der Waals surface area (Å²) >= 11 is 0. The maximum Gasteiger partial charge on any atom is 0.164 e. The summed E-state index contributed by atoms with van der Waals surface area (Å²) in [5, 5.41) is 0. The van der Waals surface area contributed by atoms with Gasteiger partial charge in [0.2, 0.25) is 0 Å². The van der Waals surface area contributed by atoms with Gasteiger partial charge in [0.15, 0.2) is 17.5 Å². The zero-order chi connectivity index (χ0) is 36.3. The van der Waals surface area contributed by atoms with Crippen LogP contribution in [0.25, 0.3) is 78.8 Å². The Morgan fingerprint density at radius 1 is 0.291 bits per heavy atom. The Kier molecular flexibility index (Phi) is 7.04. The topological polar surface area (TPSA) is 51.6 Å². The molecule has 2 aliphatic rings. The van der Waals surface area contributed by atoms with Crippen molar-refractivity contribution in [3.8, 4) is 78.8 Å². The zero-order valence-corrected chi connectivity index (χ0v) is 29.8. The van der Waals surface area contributed by atoms with Crippen molar-refractivity contribution in [2.24, 2.45) is 0 Å². The SMILES string of the molecule is c1ccc(-c2nc(-c3cccc(-c4ccc5c(c4)C4(c6ccccc6-c6ccccc64)c4ccccc4-5)c3)nc(-c3cccc(-c4ccccn4)c3)n2)cc1. The molecular weight excluding hydrogens is 669 g/mol. The van der Waals surface area contributed by atoms with Crippen molar-refractivity contribution in [2.75, 3.05) is 0 Å². The van der Waals surface area contributed by atoms with Gasteiger partial charge in [0, 0.05) is 28.5 Å². The second-order valence-electron chi connectivity index (χ2n) is 14.2. The first-order valence-corrected chi connectivity index (χ1v) is 18.6. The summed E-state index contributed by atoms with van der Waals surface area (Å²) in [7, 11) is 0. The smallest absolute Gasteiger partial charge is 0.164 e. The summed E-state index contributed by atoms with van der Waals surface area (Å²) < 4.78 is 0. The van der Waals surface area contributed by atoms with Crippen molar-refractivity contribution in [3.63, 3.8) is 0 Å². The van der Waals surface area contributed by atoms with Crippen molar-refractivity contribution in [3.05, 3.63) is 217 Å². The van der Waals surface area contributed by atoms with E-state index in [2.05, 4.69) is 138 Å². The lowest BCUT2D eigenvalue weighted by molar-refractivity contribution is 0.794. The molecular formula is C51H32N4. The fraction of sp³-hybridized carbons (Fsp3) is 0.0196. The van der Waals surface area contributed by atoms with Crippen molar-refractivity contribution in [1.29, 1.82) is 0 Å². The van der Waals surface area contributed by atoms with Crippen LogP contribution in [0.3, 0.4) is 0 Å². The van der Waals surface area contributed by atoms with Crippen LogP contribution < -0.4 is 0 Å². The van der Waals surface area contributed by atoms with Gasteiger partial charge in [0.25, 0.3) is 0 Å². The van der Waals surface area contributed by atoms with Gasteiger partial charge in [-0.15, -0.1) is 0 Å². The fourth-order valence-corrected chi connectivity index (χ4v) is 8.81. The van der Waals surface area contributed by atoms with Gasteiger partial charge in [0.1, 0.15) is 0 Å². The van der Waals surface area contributed by atoms with Crippen molar-refractivity contribution in [2.45, 2.75) is 5.41 Å². The predicted octanol–water partition coefficient (Wildman–Crippen LogP) is 11.9. The molecule has 0 radical (unpaired) electrons. The summed E-state index contributed by atoms with van der Waals surface area (Å²) in [4.78, 5) is 19.8.